The molecule has 3 atom stereocenters. The molecule has 0 aromatic heterocycles. The van der Waals surface area contributed by atoms with Gasteiger partial charge in [-0.05, 0) is 30.9 Å². The predicted molar refractivity (Wildman–Crippen MR) is 82.3 cm³/mol. The Morgan fingerprint density at radius 1 is 1.39 bits per heavy atom. The molecule has 0 aromatic carbocycles. The molecule has 3 unspecified atom stereocenters. The molecule has 108 valence electrons. The number of aliphatic hydroxyl groups excluding tert-OH is 1. The van der Waals surface area contributed by atoms with Gasteiger partial charge in [0.15, 0.2) is 0 Å². The Morgan fingerprint density at radius 2 is 2.11 bits per heavy atom. The van der Waals surface area contributed by atoms with E-state index in [9.17, 15) is 5.11 Å². The topological polar surface area (TPSA) is 32.3 Å². The second-order valence-electron chi connectivity index (χ2n) is 6.30. The highest BCUT2D eigenvalue weighted by molar-refractivity contribution is 7.99. The fraction of sp³-hybridized carbons (Fsp3) is 1.00. The van der Waals surface area contributed by atoms with Crippen molar-refractivity contribution in [2.75, 3.05) is 12.4 Å². The van der Waals surface area contributed by atoms with Crippen LogP contribution in [-0.2, 0) is 0 Å². The van der Waals surface area contributed by atoms with Crippen LogP contribution >= 0.6 is 11.8 Å². The zero-order chi connectivity index (χ0) is 13.6. The Morgan fingerprint density at radius 3 is 2.67 bits per heavy atom. The minimum Gasteiger partial charge on any atom is -0.394 e. The van der Waals surface area contributed by atoms with E-state index in [1.54, 1.807) is 0 Å². The zero-order valence-electron chi connectivity index (χ0n) is 12.5. The van der Waals surface area contributed by atoms with E-state index < -0.39 is 0 Å². The molecule has 0 aliphatic heterocycles. The zero-order valence-corrected chi connectivity index (χ0v) is 13.4. The van der Waals surface area contributed by atoms with Crippen LogP contribution in [0, 0.1) is 5.92 Å². The van der Waals surface area contributed by atoms with Gasteiger partial charge in [-0.3, -0.25) is 0 Å². The first-order chi connectivity index (χ1) is 8.51. The van der Waals surface area contributed by atoms with Gasteiger partial charge in [0.2, 0.25) is 0 Å². The van der Waals surface area contributed by atoms with E-state index in [2.05, 4.69) is 44.8 Å². The molecule has 0 bridgehead atoms. The summed E-state index contributed by atoms with van der Waals surface area (Å²) in [6, 6.07) is 0.454. The van der Waals surface area contributed by atoms with E-state index in [-0.39, 0.29) is 12.1 Å². The molecule has 1 aliphatic rings. The average molecular weight is 273 g/mol. The number of rotatable bonds is 7. The molecule has 1 saturated carbocycles. The van der Waals surface area contributed by atoms with Gasteiger partial charge >= 0.3 is 0 Å². The molecule has 0 saturated heterocycles. The number of thioether (sulfide) groups is 1. The molecule has 2 nitrogen and oxygen atoms in total. The molecule has 1 aliphatic carbocycles. The van der Waals surface area contributed by atoms with Crippen LogP contribution in [0.1, 0.15) is 59.8 Å². The maximum absolute atomic E-state index is 9.76. The molecule has 0 aromatic rings. The van der Waals surface area contributed by atoms with Crippen LogP contribution in [-0.4, -0.2) is 34.3 Å². The second kappa shape index (κ2) is 7.76. The minimum atomic E-state index is -0.0143. The molecule has 1 fully saturated rings. The third kappa shape index (κ3) is 5.10. The van der Waals surface area contributed by atoms with Crippen molar-refractivity contribution >= 4 is 11.8 Å². The monoisotopic (exact) mass is 273 g/mol. The molecule has 0 amide bonds. The summed E-state index contributed by atoms with van der Waals surface area (Å²) in [5.41, 5.74) is -0.0143. The predicted octanol–water partition coefficient (Wildman–Crippen LogP) is 3.44. The molecule has 0 heterocycles. The quantitative estimate of drug-likeness (QED) is 0.745. The van der Waals surface area contributed by atoms with Crippen molar-refractivity contribution in [3.8, 4) is 0 Å². The maximum Gasteiger partial charge on any atom is 0.0613 e. The molecule has 2 N–H and O–H groups in total. The Balaban J connectivity index is 2.47. The number of aliphatic hydroxyl groups is 1. The van der Waals surface area contributed by atoms with Crippen molar-refractivity contribution in [3.63, 3.8) is 0 Å². The summed E-state index contributed by atoms with van der Waals surface area (Å²) in [6.07, 6.45) is 6.10. The minimum absolute atomic E-state index is 0.0143. The molecule has 0 spiro atoms. The van der Waals surface area contributed by atoms with Gasteiger partial charge in [0.05, 0.1) is 6.61 Å². The van der Waals surface area contributed by atoms with Gasteiger partial charge in [-0.1, -0.05) is 40.5 Å². The van der Waals surface area contributed by atoms with Crippen LogP contribution < -0.4 is 5.32 Å². The Kier molecular flexibility index (Phi) is 7.04. The first-order valence-electron chi connectivity index (χ1n) is 7.51. The summed E-state index contributed by atoms with van der Waals surface area (Å²) in [4.78, 5) is 0. The van der Waals surface area contributed by atoms with Crippen molar-refractivity contribution in [2.24, 2.45) is 5.92 Å². The molecule has 1 rings (SSSR count). The van der Waals surface area contributed by atoms with Gasteiger partial charge in [-0.25, -0.2) is 0 Å². The number of hydrogen-bond acceptors (Lipinski definition) is 3. The van der Waals surface area contributed by atoms with Crippen LogP contribution in [0.25, 0.3) is 0 Å². The standard InChI is InChI=1S/C15H31NOS/c1-5-13(4)10-18-14-7-6-8-15(9-14,11-17)16-12(2)3/h12-14,16-17H,5-11H2,1-4H3. The fourth-order valence-corrected chi connectivity index (χ4v) is 4.41. The van der Waals surface area contributed by atoms with Gasteiger partial charge in [0, 0.05) is 16.8 Å². The fourth-order valence-electron chi connectivity index (χ4n) is 2.80. The Labute approximate surface area is 117 Å². The highest BCUT2D eigenvalue weighted by atomic mass is 32.2. The molecular weight excluding hydrogens is 242 g/mol. The largest absolute Gasteiger partial charge is 0.394 e. The van der Waals surface area contributed by atoms with E-state index >= 15 is 0 Å². The lowest BCUT2D eigenvalue weighted by Crippen LogP contribution is -2.54. The van der Waals surface area contributed by atoms with Crippen LogP contribution in [0.2, 0.25) is 0 Å². The van der Waals surface area contributed by atoms with Crippen LogP contribution in [0.3, 0.4) is 0 Å². The first-order valence-corrected chi connectivity index (χ1v) is 8.56. The van der Waals surface area contributed by atoms with E-state index in [1.807, 2.05) is 0 Å². The van der Waals surface area contributed by atoms with Gasteiger partial charge in [0.25, 0.3) is 0 Å². The Bertz CT molecular complexity index is 235. The summed E-state index contributed by atoms with van der Waals surface area (Å²) < 4.78 is 0. The van der Waals surface area contributed by atoms with Gasteiger partial charge in [-0.15, -0.1) is 0 Å². The number of hydrogen-bond donors (Lipinski definition) is 2. The summed E-state index contributed by atoms with van der Waals surface area (Å²) in [5.74, 6) is 2.09. The first kappa shape index (κ1) is 16.3. The van der Waals surface area contributed by atoms with Gasteiger partial charge in [-0.2, -0.15) is 11.8 Å². The average Bonchev–Trinajstić information content (AvgIpc) is 2.35. The lowest BCUT2D eigenvalue weighted by molar-refractivity contribution is 0.115. The van der Waals surface area contributed by atoms with Crippen molar-refractivity contribution in [3.05, 3.63) is 0 Å². The maximum atomic E-state index is 9.76. The van der Waals surface area contributed by atoms with Gasteiger partial charge in [0.1, 0.15) is 0 Å². The third-order valence-corrected chi connectivity index (χ3v) is 5.65. The summed E-state index contributed by atoms with van der Waals surface area (Å²) in [7, 11) is 0. The summed E-state index contributed by atoms with van der Waals surface area (Å²) in [6.45, 7) is 9.23. The number of nitrogens with one attached hydrogen (secondary N) is 1. The molecule has 18 heavy (non-hydrogen) atoms. The van der Waals surface area contributed by atoms with Crippen molar-refractivity contribution < 1.29 is 5.11 Å². The molecule has 3 heteroatoms. The van der Waals surface area contributed by atoms with Crippen molar-refractivity contribution in [2.45, 2.75) is 76.6 Å². The Hall–Kier alpha value is 0.270. The van der Waals surface area contributed by atoms with Crippen LogP contribution in [0.5, 0.6) is 0 Å². The third-order valence-electron chi connectivity index (χ3n) is 4.01. The van der Waals surface area contributed by atoms with Crippen LogP contribution in [0.4, 0.5) is 0 Å². The summed E-state index contributed by atoms with van der Waals surface area (Å²) >= 11 is 2.12. The molecule has 0 radical (unpaired) electrons. The van der Waals surface area contributed by atoms with E-state index in [4.69, 9.17) is 0 Å². The summed E-state index contributed by atoms with van der Waals surface area (Å²) in [5, 5.41) is 14.1. The van der Waals surface area contributed by atoms with E-state index in [0.29, 0.717) is 6.04 Å². The SMILES string of the molecule is CCC(C)CSC1CCCC(CO)(NC(C)C)C1. The highest BCUT2D eigenvalue weighted by Crippen LogP contribution is 2.36. The van der Waals surface area contributed by atoms with Crippen molar-refractivity contribution in [1.82, 2.24) is 5.32 Å². The van der Waals surface area contributed by atoms with E-state index in [1.165, 1.54) is 25.0 Å². The highest BCUT2D eigenvalue weighted by Gasteiger charge is 2.36. The van der Waals surface area contributed by atoms with Crippen molar-refractivity contribution in [1.29, 1.82) is 0 Å². The lowest BCUT2D eigenvalue weighted by Gasteiger charge is -2.42. The van der Waals surface area contributed by atoms with Crippen LogP contribution in [0.15, 0.2) is 0 Å². The molecular formula is C15H31NOS. The lowest BCUT2D eigenvalue weighted by atomic mass is 9.81. The van der Waals surface area contributed by atoms with E-state index in [0.717, 1.165) is 24.0 Å². The van der Waals surface area contributed by atoms with Gasteiger partial charge < -0.3 is 10.4 Å². The normalized spacial score (nSPS) is 30.7. The smallest absolute Gasteiger partial charge is 0.0613 e. The second-order valence-corrected chi connectivity index (χ2v) is 7.64.